The quantitative estimate of drug-likeness (QED) is 0.0386. The Bertz CT molecular complexity index is 676. The second-order valence-corrected chi connectivity index (χ2v) is 12.9. The summed E-state index contributed by atoms with van der Waals surface area (Å²) < 4.78 is 16.0. The van der Waals surface area contributed by atoms with Gasteiger partial charge in [0.2, 0.25) is 0 Å². The van der Waals surface area contributed by atoms with Crippen molar-refractivity contribution >= 4 is 11.9 Å². The fourth-order valence-corrected chi connectivity index (χ4v) is 5.28. The first kappa shape index (κ1) is 38.6. The van der Waals surface area contributed by atoms with E-state index in [4.69, 9.17) is 14.2 Å². The number of carbonyl (C=O) groups is 2. The maximum atomic E-state index is 11.9. The Hall–Kier alpha value is -1.40. The minimum absolute atomic E-state index is 0.120. The predicted octanol–water partition coefficient (Wildman–Crippen LogP) is 9.41. The number of hydrogen-bond donors (Lipinski definition) is 1. The molecule has 0 radical (unpaired) electrons. The normalized spacial score (nSPS) is 17.2. The summed E-state index contributed by atoms with van der Waals surface area (Å²) >= 11 is 0. The van der Waals surface area contributed by atoms with Crippen LogP contribution in [-0.2, 0) is 23.8 Å². The fraction of sp³-hybridized carbons (Fsp3) is 0.889. The van der Waals surface area contributed by atoms with Gasteiger partial charge in [-0.05, 0) is 44.4 Å². The van der Waals surface area contributed by atoms with E-state index in [1.165, 1.54) is 83.5 Å². The molecule has 1 saturated heterocycles. The van der Waals surface area contributed by atoms with Crippen LogP contribution in [0.1, 0.15) is 168 Å². The highest BCUT2D eigenvalue weighted by Gasteiger charge is 2.36. The van der Waals surface area contributed by atoms with Gasteiger partial charge < -0.3 is 19.3 Å². The highest BCUT2D eigenvalue weighted by atomic mass is 16.6. The number of epoxide rings is 1. The van der Waals surface area contributed by atoms with Gasteiger partial charge in [-0.3, -0.25) is 9.59 Å². The summed E-state index contributed by atoms with van der Waals surface area (Å²) in [6.07, 6.45) is 30.1. The summed E-state index contributed by atoms with van der Waals surface area (Å²) in [6, 6.07) is 0. The second-order valence-electron chi connectivity index (χ2n) is 12.9. The summed E-state index contributed by atoms with van der Waals surface area (Å²) in [7, 11) is 0. The topological polar surface area (TPSA) is 85.4 Å². The number of carbonyl (C=O) groups excluding carboxylic acids is 2. The van der Waals surface area contributed by atoms with Crippen LogP contribution in [0.5, 0.6) is 0 Å². The van der Waals surface area contributed by atoms with E-state index in [-0.39, 0.29) is 25.2 Å². The molecule has 1 rings (SSSR count). The summed E-state index contributed by atoms with van der Waals surface area (Å²) in [5.41, 5.74) is 0. The molecule has 42 heavy (non-hydrogen) atoms. The van der Waals surface area contributed by atoms with Gasteiger partial charge in [-0.15, -0.1) is 0 Å². The zero-order valence-electron chi connectivity index (χ0n) is 27.6. The standard InChI is InChI=1S/C36H66O6/c1-4-5-19-25-33-34(42-33)26-21-16-12-9-10-14-18-23-28-36(39)41-30-32(37)29-40-35(38)27-22-17-13-8-6-7-11-15-20-24-31(2)3/h16,21,31-34,37H,4-15,17-20,22-30H2,1-3H3/b21-16-/t32-,33?,34?/m0/s1. The van der Waals surface area contributed by atoms with Gasteiger partial charge in [0.15, 0.2) is 0 Å². The molecule has 0 amide bonds. The van der Waals surface area contributed by atoms with Gasteiger partial charge in [0.05, 0.1) is 12.2 Å². The van der Waals surface area contributed by atoms with Crippen LogP contribution in [0.4, 0.5) is 0 Å². The number of ether oxygens (including phenoxy) is 3. The van der Waals surface area contributed by atoms with Crippen LogP contribution in [0.25, 0.3) is 0 Å². The number of rotatable bonds is 30. The lowest BCUT2D eigenvalue weighted by Crippen LogP contribution is -2.25. The molecule has 1 aliphatic heterocycles. The lowest BCUT2D eigenvalue weighted by molar-refractivity contribution is -0.152. The Labute approximate surface area is 258 Å². The second kappa shape index (κ2) is 27.2. The molecular formula is C36H66O6. The van der Waals surface area contributed by atoms with Gasteiger partial charge in [-0.2, -0.15) is 0 Å². The minimum atomic E-state index is -0.968. The lowest BCUT2D eigenvalue weighted by atomic mass is 10.0. The molecule has 3 atom stereocenters. The maximum Gasteiger partial charge on any atom is 0.305 e. The molecule has 0 aliphatic carbocycles. The molecule has 2 unspecified atom stereocenters. The molecule has 0 aromatic carbocycles. The van der Waals surface area contributed by atoms with Crippen LogP contribution in [-0.4, -0.2) is 48.6 Å². The minimum Gasteiger partial charge on any atom is -0.463 e. The van der Waals surface area contributed by atoms with Crippen molar-refractivity contribution in [2.75, 3.05) is 13.2 Å². The molecular weight excluding hydrogens is 528 g/mol. The zero-order valence-corrected chi connectivity index (χ0v) is 27.6. The zero-order chi connectivity index (χ0) is 30.7. The van der Waals surface area contributed by atoms with Crippen LogP contribution < -0.4 is 0 Å². The third-order valence-electron chi connectivity index (χ3n) is 8.10. The number of hydrogen-bond acceptors (Lipinski definition) is 6. The average molecular weight is 595 g/mol. The van der Waals surface area contributed by atoms with Crippen LogP contribution in [0.15, 0.2) is 12.2 Å². The van der Waals surface area contributed by atoms with Crippen molar-refractivity contribution in [2.24, 2.45) is 5.92 Å². The van der Waals surface area contributed by atoms with E-state index in [0.29, 0.717) is 25.0 Å². The Morgan fingerprint density at radius 3 is 1.76 bits per heavy atom. The van der Waals surface area contributed by atoms with Gasteiger partial charge >= 0.3 is 11.9 Å². The van der Waals surface area contributed by atoms with E-state index < -0.39 is 6.10 Å². The molecule has 0 spiro atoms. The van der Waals surface area contributed by atoms with Gasteiger partial charge in [-0.1, -0.05) is 129 Å². The number of esters is 2. The molecule has 6 nitrogen and oxygen atoms in total. The largest absolute Gasteiger partial charge is 0.463 e. The maximum absolute atomic E-state index is 11.9. The van der Waals surface area contributed by atoms with Crippen molar-refractivity contribution < 1.29 is 28.9 Å². The lowest BCUT2D eigenvalue weighted by Gasteiger charge is -2.12. The van der Waals surface area contributed by atoms with Crippen LogP contribution in [0, 0.1) is 5.92 Å². The van der Waals surface area contributed by atoms with E-state index in [0.717, 1.165) is 57.3 Å². The van der Waals surface area contributed by atoms with Gasteiger partial charge in [-0.25, -0.2) is 0 Å². The van der Waals surface area contributed by atoms with Crippen LogP contribution >= 0.6 is 0 Å². The van der Waals surface area contributed by atoms with Crippen LogP contribution in [0.2, 0.25) is 0 Å². The van der Waals surface area contributed by atoms with Crippen molar-refractivity contribution in [1.82, 2.24) is 0 Å². The van der Waals surface area contributed by atoms with E-state index in [1.807, 2.05) is 0 Å². The summed E-state index contributed by atoms with van der Waals surface area (Å²) in [5.74, 6) is 0.232. The fourth-order valence-electron chi connectivity index (χ4n) is 5.28. The van der Waals surface area contributed by atoms with Crippen molar-refractivity contribution in [2.45, 2.75) is 187 Å². The number of aliphatic hydroxyl groups excluding tert-OH is 1. The summed E-state index contributed by atoms with van der Waals surface area (Å²) in [5, 5.41) is 9.97. The van der Waals surface area contributed by atoms with Gasteiger partial charge in [0.25, 0.3) is 0 Å². The first-order chi connectivity index (χ1) is 20.4. The Kier molecular flexibility index (Phi) is 25.0. The monoisotopic (exact) mass is 594 g/mol. The van der Waals surface area contributed by atoms with E-state index in [9.17, 15) is 14.7 Å². The first-order valence-corrected chi connectivity index (χ1v) is 17.7. The predicted molar refractivity (Wildman–Crippen MR) is 172 cm³/mol. The molecule has 1 N–H and O–H groups in total. The van der Waals surface area contributed by atoms with Gasteiger partial charge in [0.1, 0.15) is 19.3 Å². The molecule has 1 heterocycles. The SMILES string of the molecule is CCCCCC1OC1C/C=C\CCCCCCCC(=O)OC[C@@H](O)COC(=O)CCCCCCCCCCCC(C)C. The van der Waals surface area contributed by atoms with E-state index >= 15 is 0 Å². The summed E-state index contributed by atoms with van der Waals surface area (Å²) in [4.78, 5) is 23.8. The molecule has 0 aromatic heterocycles. The third-order valence-corrected chi connectivity index (χ3v) is 8.10. The van der Waals surface area contributed by atoms with Crippen molar-refractivity contribution in [3.8, 4) is 0 Å². The van der Waals surface area contributed by atoms with Crippen LogP contribution in [0.3, 0.4) is 0 Å². The number of allylic oxidation sites excluding steroid dienone is 1. The first-order valence-electron chi connectivity index (χ1n) is 17.7. The van der Waals surface area contributed by atoms with Crippen molar-refractivity contribution in [3.63, 3.8) is 0 Å². The molecule has 0 aromatic rings. The molecule has 1 aliphatic rings. The Balaban J connectivity index is 1.83. The van der Waals surface area contributed by atoms with Gasteiger partial charge in [0, 0.05) is 12.8 Å². The smallest absolute Gasteiger partial charge is 0.305 e. The van der Waals surface area contributed by atoms with E-state index in [1.54, 1.807) is 0 Å². The molecule has 0 bridgehead atoms. The Morgan fingerprint density at radius 1 is 0.690 bits per heavy atom. The van der Waals surface area contributed by atoms with Crippen molar-refractivity contribution in [1.29, 1.82) is 0 Å². The van der Waals surface area contributed by atoms with E-state index in [2.05, 4.69) is 32.9 Å². The average Bonchev–Trinajstić information content (AvgIpc) is 3.72. The molecule has 1 fully saturated rings. The number of unbranched alkanes of at least 4 members (excludes halogenated alkanes) is 15. The third kappa shape index (κ3) is 25.1. The van der Waals surface area contributed by atoms with Crippen molar-refractivity contribution in [3.05, 3.63) is 12.2 Å². The summed E-state index contributed by atoms with van der Waals surface area (Å²) in [6.45, 7) is 6.57. The number of aliphatic hydroxyl groups is 1. The molecule has 246 valence electrons. The highest BCUT2D eigenvalue weighted by Crippen LogP contribution is 2.30. The molecule has 0 saturated carbocycles. The highest BCUT2D eigenvalue weighted by molar-refractivity contribution is 5.69. The Morgan fingerprint density at radius 2 is 1.21 bits per heavy atom. The molecule has 6 heteroatoms.